The molecule has 1 amide bonds. The molecule has 25 heavy (non-hydrogen) atoms. The lowest BCUT2D eigenvalue weighted by Gasteiger charge is -2.22. The maximum absolute atomic E-state index is 14.3. The zero-order valence-corrected chi connectivity index (χ0v) is 15.2. The molecule has 1 aliphatic rings. The van der Waals surface area contributed by atoms with Gasteiger partial charge in [-0.15, -0.1) is 0 Å². The largest absolute Gasteiger partial charge is 0.494 e. The van der Waals surface area contributed by atoms with E-state index in [-0.39, 0.29) is 17.5 Å². The molecule has 0 saturated carbocycles. The number of rotatable bonds is 5. The number of nitrogens with zero attached hydrogens (tertiary/aromatic N) is 2. The Labute approximate surface area is 151 Å². The van der Waals surface area contributed by atoms with Crippen LogP contribution in [0.1, 0.15) is 17.5 Å². The topological polar surface area (TPSA) is 32.8 Å². The number of carbonyl (C=O) groups is 1. The maximum Gasteiger partial charge on any atom is 0.227 e. The fraction of sp³-hybridized carbons (Fsp3) is 0.421. The van der Waals surface area contributed by atoms with Crippen LogP contribution in [-0.4, -0.2) is 49.0 Å². The van der Waals surface area contributed by atoms with E-state index in [1.54, 1.807) is 23.5 Å². The summed E-state index contributed by atoms with van der Waals surface area (Å²) in [6.07, 6.45) is 1.37. The molecule has 0 aliphatic carbocycles. The molecule has 1 aliphatic heterocycles. The fourth-order valence-corrected chi connectivity index (χ4v) is 3.80. The van der Waals surface area contributed by atoms with Crippen LogP contribution in [0, 0.1) is 5.82 Å². The Balaban J connectivity index is 1.57. The van der Waals surface area contributed by atoms with Crippen molar-refractivity contribution in [3.8, 4) is 5.75 Å². The van der Waals surface area contributed by atoms with Crippen molar-refractivity contribution in [3.63, 3.8) is 0 Å². The Kier molecular flexibility index (Phi) is 6.04. The highest BCUT2D eigenvalue weighted by Gasteiger charge is 2.20. The Morgan fingerprint density at radius 2 is 2.12 bits per heavy atom. The van der Waals surface area contributed by atoms with Crippen molar-refractivity contribution in [2.24, 2.45) is 0 Å². The number of hydrogen-bond acceptors (Lipinski definition) is 4. The summed E-state index contributed by atoms with van der Waals surface area (Å²) in [5.41, 5.74) is 1.71. The lowest BCUT2D eigenvalue weighted by atomic mass is 10.2. The van der Waals surface area contributed by atoms with E-state index < -0.39 is 0 Å². The van der Waals surface area contributed by atoms with E-state index in [4.69, 9.17) is 4.74 Å². The summed E-state index contributed by atoms with van der Waals surface area (Å²) in [7, 11) is 1.48. The van der Waals surface area contributed by atoms with Crippen molar-refractivity contribution in [2.45, 2.75) is 19.4 Å². The van der Waals surface area contributed by atoms with Crippen LogP contribution in [0.5, 0.6) is 5.75 Å². The van der Waals surface area contributed by atoms with Crippen LogP contribution < -0.4 is 4.74 Å². The zero-order chi connectivity index (χ0) is 17.6. The molecule has 2 heterocycles. The molecular weight excluding hydrogens is 339 g/mol. The molecule has 0 unspecified atom stereocenters. The summed E-state index contributed by atoms with van der Waals surface area (Å²) in [6.45, 7) is 3.61. The van der Waals surface area contributed by atoms with Gasteiger partial charge < -0.3 is 9.64 Å². The Morgan fingerprint density at radius 3 is 2.88 bits per heavy atom. The molecule has 1 aromatic carbocycles. The normalized spacial score (nSPS) is 15.8. The van der Waals surface area contributed by atoms with E-state index in [0.29, 0.717) is 25.1 Å². The standard InChI is InChI=1S/C19H23FN2O2S/c1-24-17-5-2-4-16(19(17)20)13-21-7-3-8-22(10-9-21)18(23)12-15-6-11-25-14-15/h2,4-6,11,14H,3,7-10,12-13H2,1H3. The predicted octanol–water partition coefficient (Wildman–Crippen LogP) is 3.17. The van der Waals surface area contributed by atoms with Crippen molar-refractivity contribution in [2.75, 3.05) is 33.3 Å². The van der Waals surface area contributed by atoms with Gasteiger partial charge in [0.05, 0.1) is 13.5 Å². The van der Waals surface area contributed by atoms with Crippen LogP contribution in [0.3, 0.4) is 0 Å². The minimum Gasteiger partial charge on any atom is -0.494 e. The lowest BCUT2D eigenvalue weighted by Crippen LogP contribution is -2.36. The summed E-state index contributed by atoms with van der Waals surface area (Å²) in [4.78, 5) is 16.6. The van der Waals surface area contributed by atoms with E-state index in [1.165, 1.54) is 7.11 Å². The van der Waals surface area contributed by atoms with Gasteiger partial charge in [-0.1, -0.05) is 12.1 Å². The molecule has 4 nitrogen and oxygen atoms in total. The summed E-state index contributed by atoms with van der Waals surface area (Å²) >= 11 is 1.61. The molecule has 2 aromatic rings. The minimum absolute atomic E-state index is 0.174. The predicted molar refractivity (Wildman–Crippen MR) is 97.4 cm³/mol. The molecular formula is C19H23FN2O2S. The van der Waals surface area contributed by atoms with Gasteiger partial charge in [0.2, 0.25) is 5.91 Å². The van der Waals surface area contributed by atoms with Crippen molar-refractivity contribution in [1.29, 1.82) is 0 Å². The molecule has 0 spiro atoms. The van der Waals surface area contributed by atoms with Crippen LogP contribution in [0.2, 0.25) is 0 Å². The second-order valence-electron chi connectivity index (χ2n) is 6.25. The summed E-state index contributed by atoms with van der Waals surface area (Å²) in [5, 5.41) is 4.02. The first-order valence-electron chi connectivity index (χ1n) is 8.50. The van der Waals surface area contributed by atoms with Crippen LogP contribution in [0.4, 0.5) is 4.39 Å². The van der Waals surface area contributed by atoms with E-state index in [9.17, 15) is 9.18 Å². The van der Waals surface area contributed by atoms with E-state index in [0.717, 1.165) is 31.6 Å². The van der Waals surface area contributed by atoms with E-state index in [1.807, 2.05) is 27.8 Å². The van der Waals surface area contributed by atoms with Gasteiger partial charge in [-0.3, -0.25) is 9.69 Å². The van der Waals surface area contributed by atoms with Gasteiger partial charge in [-0.2, -0.15) is 11.3 Å². The highest BCUT2D eigenvalue weighted by atomic mass is 32.1. The van der Waals surface area contributed by atoms with Gasteiger partial charge in [0.25, 0.3) is 0 Å². The second-order valence-corrected chi connectivity index (χ2v) is 7.03. The van der Waals surface area contributed by atoms with Crippen LogP contribution >= 0.6 is 11.3 Å². The second kappa shape index (κ2) is 8.45. The number of halogens is 1. The lowest BCUT2D eigenvalue weighted by molar-refractivity contribution is -0.130. The average Bonchev–Trinajstić information content (AvgIpc) is 3.00. The summed E-state index contributed by atoms with van der Waals surface area (Å²) in [5.74, 6) is 0.160. The third kappa shape index (κ3) is 4.58. The molecule has 134 valence electrons. The highest BCUT2D eigenvalue weighted by Crippen LogP contribution is 2.21. The van der Waals surface area contributed by atoms with Crippen molar-refractivity contribution >= 4 is 17.2 Å². The fourth-order valence-electron chi connectivity index (χ4n) is 3.13. The van der Waals surface area contributed by atoms with Gasteiger partial charge in [0.1, 0.15) is 0 Å². The van der Waals surface area contributed by atoms with Gasteiger partial charge in [-0.05, 0) is 34.9 Å². The number of carbonyl (C=O) groups excluding carboxylic acids is 1. The molecule has 1 aromatic heterocycles. The van der Waals surface area contributed by atoms with Crippen molar-refractivity contribution < 1.29 is 13.9 Å². The molecule has 1 saturated heterocycles. The highest BCUT2D eigenvalue weighted by molar-refractivity contribution is 7.08. The third-order valence-electron chi connectivity index (χ3n) is 4.53. The Morgan fingerprint density at radius 1 is 1.24 bits per heavy atom. The van der Waals surface area contributed by atoms with Crippen LogP contribution in [0.15, 0.2) is 35.0 Å². The van der Waals surface area contributed by atoms with Crippen molar-refractivity contribution in [3.05, 3.63) is 52.0 Å². The van der Waals surface area contributed by atoms with Crippen LogP contribution in [-0.2, 0) is 17.8 Å². The monoisotopic (exact) mass is 362 g/mol. The molecule has 0 bridgehead atoms. The number of methoxy groups -OCH3 is 1. The molecule has 1 fully saturated rings. The SMILES string of the molecule is COc1cccc(CN2CCCN(C(=O)Cc3ccsc3)CC2)c1F. The zero-order valence-electron chi connectivity index (χ0n) is 14.4. The number of amides is 1. The van der Waals surface area contributed by atoms with Gasteiger partial charge in [0.15, 0.2) is 11.6 Å². The smallest absolute Gasteiger partial charge is 0.227 e. The molecule has 0 N–H and O–H groups in total. The van der Waals surface area contributed by atoms with E-state index in [2.05, 4.69) is 4.90 Å². The minimum atomic E-state index is -0.292. The number of thiophene rings is 1. The molecule has 3 rings (SSSR count). The van der Waals surface area contributed by atoms with Crippen molar-refractivity contribution in [1.82, 2.24) is 9.80 Å². The number of ether oxygens (including phenoxy) is 1. The Hall–Kier alpha value is -1.92. The molecule has 0 atom stereocenters. The van der Waals surface area contributed by atoms with E-state index >= 15 is 0 Å². The first kappa shape index (κ1) is 17.9. The quantitative estimate of drug-likeness (QED) is 0.819. The number of hydrogen-bond donors (Lipinski definition) is 0. The molecule has 0 radical (unpaired) electrons. The average molecular weight is 362 g/mol. The third-order valence-corrected chi connectivity index (χ3v) is 5.27. The maximum atomic E-state index is 14.3. The Bertz CT molecular complexity index is 705. The summed E-state index contributed by atoms with van der Waals surface area (Å²) < 4.78 is 19.4. The summed E-state index contributed by atoms with van der Waals surface area (Å²) in [6, 6.07) is 7.23. The van der Waals surface area contributed by atoms with Crippen LogP contribution in [0.25, 0.3) is 0 Å². The first-order chi connectivity index (χ1) is 12.2. The van der Waals surface area contributed by atoms with Gasteiger partial charge in [-0.25, -0.2) is 4.39 Å². The van der Waals surface area contributed by atoms with Gasteiger partial charge in [0, 0.05) is 38.3 Å². The first-order valence-corrected chi connectivity index (χ1v) is 9.44. The molecule has 6 heteroatoms. The van der Waals surface area contributed by atoms with Gasteiger partial charge >= 0.3 is 0 Å². The number of benzene rings is 1.